The molecule has 5 aliphatic heterocycles. The summed E-state index contributed by atoms with van der Waals surface area (Å²) in [6, 6.07) is 9.97. The SMILES string of the molecule is CCC[N@+]12[C@H](O)[C@@H](CC)[C@@H]3C[C@H]1[C@@H]1N(C)c4ccccc4[C@]14C[C@H]2[C@@H]3[C@@H]4O. The third kappa shape index (κ3) is 1.51. The minimum absolute atomic E-state index is 0.127. The number of aliphatic hydroxyl groups is 2. The molecule has 6 aliphatic rings. The van der Waals surface area contributed by atoms with Gasteiger partial charge in [0.25, 0.3) is 0 Å². The molecule has 10 atom stereocenters. The molecular formula is C23H33N2O2+. The van der Waals surface area contributed by atoms with Crippen molar-refractivity contribution in [1.82, 2.24) is 0 Å². The highest BCUT2D eigenvalue weighted by atomic mass is 16.3. The average molecular weight is 370 g/mol. The third-order valence-electron chi connectivity index (χ3n) is 9.73. The Kier molecular flexibility index (Phi) is 3.17. The van der Waals surface area contributed by atoms with Gasteiger partial charge >= 0.3 is 0 Å². The molecular weight excluding hydrogens is 336 g/mol. The number of hydrogen-bond donors (Lipinski definition) is 2. The van der Waals surface area contributed by atoms with Crippen LogP contribution >= 0.6 is 0 Å². The molecule has 5 heterocycles. The summed E-state index contributed by atoms with van der Waals surface area (Å²) >= 11 is 0. The van der Waals surface area contributed by atoms with Crippen molar-refractivity contribution < 1.29 is 14.7 Å². The first-order valence-electron chi connectivity index (χ1n) is 11.1. The molecule has 4 saturated heterocycles. The van der Waals surface area contributed by atoms with Crippen LogP contribution in [0.2, 0.25) is 0 Å². The maximum Gasteiger partial charge on any atom is 0.194 e. The maximum atomic E-state index is 11.9. The monoisotopic (exact) mass is 369 g/mol. The molecule has 1 aliphatic carbocycles. The van der Waals surface area contributed by atoms with Crippen LogP contribution in [0.25, 0.3) is 0 Å². The van der Waals surface area contributed by atoms with Gasteiger partial charge in [-0.25, -0.2) is 0 Å². The summed E-state index contributed by atoms with van der Waals surface area (Å²) in [4.78, 5) is 2.48. The lowest BCUT2D eigenvalue weighted by atomic mass is 9.60. The van der Waals surface area contributed by atoms with Crippen molar-refractivity contribution in [3.8, 4) is 0 Å². The molecule has 1 aromatic rings. The molecule has 5 bridgehead atoms. The number of likely N-dealkylation sites (N-methyl/N-ethyl adjacent to an activating group) is 1. The minimum Gasteiger partial charge on any atom is -0.392 e. The van der Waals surface area contributed by atoms with Gasteiger partial charge in [0.1, 0.15) is 6.04 Å². The fourth-order valence-electron chi connectivity index (χ4n) is 9.23. The molecule has 0 aromatic heterocycles. The highest BCUT2D eigenvalue weighted by Gasteiger charge is 2.82. The largest absolute Gasteiger partial charge is 0.392 e. The Bertz CT molecular complexity index is 798. The zero-order chi connectivity index (χ0) is 18.7. The van der Waals surface area contributed by atoms with Crippen LogP contribution in [0.4, 0.5) is 5.69 Å². The summed E-state index contributed by atoms with van der Waals surface area (Å²) in [6.45, 7) is 5.56. The molecule has 4 nitrogen and oxygen atoms in total. The van der Waals surface area contributed by atoms with Crippen molar-refractivity contribution in [3.63, 3.8) is 0 Å². The van der Waals surface area contributed by atoms with Gasteiger partial charge in [0, 0.05) is 37.4 Å². The number of fused-ring (bicyclic) bond motifs is 2. The van der Waals surface area contributed by atoms with Gasteiger partial charge in [0.05, 0.1) is 30.1 Å². The molecule has 1 aromatic carbocycles. The standard InChI is InChI=1S/C23H33N2O2/c1-4-10-25-17-11-14(13(5-2)22(25)27)19-18(25)12-23(21(19)26)15-8-6-7-9-16(15)24(3)20(17)23/h6-9,13-14,17-22,26-27H,4-5,10-12H2,1-3H3/q+1/t13-,14-,17-,18-,19+,20-,21-,22+,23+,25-/m0/s1. The number of anilines is 1. The average Bonchev–Trinajstić information content (AvgIpc) is 3.06. The van der Waals surface area contributed by atoms with Gasteiger partial charge in [-0.1, -0.05) is 32.0 Å². The topological polar surface area (TPSA) is 43.7 Å². The second-order valence-electron chi connectivity index (χ2n) is 10.1. The third-order valence-corrected chi connectivity index (χ3v) is 9.73. The van der Waals surface area contributed by atoms with Gasteiger partial charge in [-0.3, -0.25) is 4.48 Å². The van der Waals surface area contributed by atoms with Gasteiger partial charge < -0.3 is 15.1 Å². The Labute approximate surface area is 162 Å². The molecule has 2 N–H and O–H groups in total. The molecule has 146 valence electrons. The first-order valence-corrected chi connectivity index (χ1v) is 11.1. The molecule has 27 heavy (non-hydrogen) atoms. The highest BCUT2D eigenvalue weighted by Crippen LogP contribution is 2.71. The normalized spacial score (nSPS) is 53.7. The minimum atomic E-state index is -0.271. The van der Waals surface area contributed by atoms with E-state index in [9.17, 15) is 10.2 Å². The van der Waals surface area contributed by atoms with E-state index in [1.165, 1.54) is 17.7 Å². The van der Waals surface area contributed by atoms with E-state index < -0.39 is 0 Å². The van der Waals surface area contributed by atoms with Crippen molar-refractivity contribution >= 4 is 5.69 Å². The molecule has 4 heteroatoms. The summed E-state index contributed by atoms with van der Waals surface area (Å²) in [7, 11) is 2.23. The van der Waals surface area contributed by atoms with Gasteiger partial charge in [0.2, 0.25) is 0 Å². The van der Waals surface area contributed by atoms with Crippen LogP contribution in [-0.2, 0) is 5.41 Å². The maximum absolute atomic E-state index is 11.9. The number of rotatable bonds is 3. The van der Waals surface area contributed by atoms with Crippen LogP contribution in [0.5, 0.6) is 0 Å². The van der Waals surface area contributed by atoms with Gasteiger partial charge in [-0.2, -0.15) is 0 Å². The summed E-state index contributed by atoms with van der Waals surface area (Å²) < 4.78 is 0.873. The van der Waals surface area contributed by atoms with Gasteiger partial charge in [-0.05, 0) is 30.4 Å². The molecule has 5 fully saturated rings. The zero-order valence-corrected chi connectivity index (χ0v) is 16.8. The van der Waals surface area contributed by atoms with E-state index in [-0.39, 0.29) is 17.7 Å². The van der Waals surface area contributed by atoms with Crippen molar-refractivity contribution in [2.24, 2.45) is 17.8 Å². The van der Waals surface area contributed by atoms with E-state index in [0.29, 0.717) is 35.9 Å². The van der Waals surface area contributed by atoms with E-state index in [1.807, 2.05) is 0 Å². The van der Waals surface area contributed by atoms with Crippen molar-refractivity contribution in [2.75, 3.05) is 18.5 Å². The van der Waals surface area contributed by atoms with Crippen molar-refractivity contribution in [2.45, 2.75) is 75.4 Å². The Morgan fingerprint density at radius 1 is 1.19 bits per heavy atom. The van der Waals surface area contributed by atoms with E-state index in [4.69, 9.17) is 0 Å². The van der Waals surface area contributed by atoms with Crippen molar-refractivity contribution in [1.29, 1.82) is 0 Å². The number of benzene rings is 1. The fraction of sp³-hybridized carbons (Fsp3) is 0.739. The smallest absolute Gasteiger partial charge is 0.194 e. The van der Waals surface area contributed by atoms with E-state index in [1.54, 1.807) is 0 Å². The van der Waals surface area contributed by atoms with Crippen LogP contribution in [0.1, 0.15) is 45.1 Å². The lowest BCUT2D eigenvalue weighted by Gasteiger charge is -2.68. The van der Waals surface area contributed by atoms with E-state index >= 15 is 0 Å². The van der Waals surface area contributed by atoms with Crippen LogP contribution < -0.4 is 4.90 Å². The van der Waals surface area contributed by atoms with Crippen LogP contribution in [-0.4, -0.2) is 58.7 Å². The summed E-state index contributed by atoms with van der Waals surface area (Å²) in [6.07, 6.45) is 3.84. The Morgan fingerprint density at radius 2 is 1.96 bits per heavy atom. The predicted octanol–water partition coefficient (Wildman–Crippen LogP) is 2.48. The zero-order valence-electron chi connectivity index (χ0n) is 16.8. The molecule has 1 spiro atoms. The number of quaternary nitrogens is 1. The Hall–Kier alpha value is -1.10. The molecule has 0 radical (unpaired) electrons. The first-order chi connectivity index (χ1) is 13.0. The molecule has 0 amide bonds. The number of hydrogen-bond acceptors (Lipinski definition) is 3. The Morgan fingerprint density at radius 3 is 2.70 bits per heavy atom. The number of para-hydroxylation sites is 1. The Balaban J connectivity index is 1.62. The summed E-state index contributed by atoms with van der Waals surface area (Å²) in [5.41, 5.74) is 2.56. The second kappa shape index (κ2) is 5.08. The van der Waals surface area contributed by atoms with Crippen molar-refractivity contribution in [3.05, 3.63) is 29.8 Å². The summed E-state index contributed by atoms with van der Waals surface area (Å²) in [5, 5.41) is 23.6. The molecule has 0 unspecified atom stereocenters. The van der Waals surface area contributed by atoms with E-state index in [2.05, 4.69) is 50.1 Å². The lowest BCUT2D eigenvalue weighted by molar-refractivity contribution is -1.04. The highest BCUT2D eigenvalue weighted by molar-refractivity contribution is 5.66. The number of piperidine rings is 4. The molecule has 1 saturated carbocycles. The number of aliphatic hydroxyl groups excluding tert-OH is 2. The fourth-order valence-corrected chi connectivity index (χ4v) is 9.23. The van der Waals surface area contributed by atoms with E-state index in [0.717, 1.165) is 30.3 Å². The summed E-state index contributed by atoms with van der Waals surface area (Å²) in [5.74, 6) is 1.18. The predicted molar refractivity (Wildman–Crippen MR) is 105 cm³/mol. The first kappa shape index (κ1) is 16.8. The van der Waals surface area contributed by atoms with Crippen LogP contribution in [0, 0.1) is 17.8 Å². The lowest BCUT2D eigenvalue weighted by Crippen LogP contribution is -2.83. The quantitative estimate of drug-likeness (QED) is 0.805. The molecule has 7 rings (SSSR count). The van der Waals surface area contributed by atoms with Crippen LogP contribution in [0.3, 0.4) is 0 Å². The van der Waals surface area contributed by atoms with Crippen LogP contribution in [0.15, 0.2) is 24.3 Å². The van der Waals surface area contributed by atoms with Gasteiger partial charge in [-0.15, -0.1) is 0 Å². The number of nitrogens with zero attached hydrogens (tertiary/aromatic N) is 2. The van der Waals surface area contributed by atoms with Gasteiger partial charge in [0.15, 0.2) is 6.23 Å². The second-order valence-corrected chi connectivity index (χ2v) is 10.1.